The van der Waals surface area contributed by atoms with Crippen molar-refractivity contribution < 1.29 is 42.1 Å². The summed E-state index contributed by atoms with van der Waals surface area (Å²) in [7, 11) is 1.44. The van der Waals surface area contributed by atoms with Crippen LogP contribution < -0.4 is 0 Å². The number of phosphoric ester groups is 1. The van der Waals surface area contributed by atoms with E-state index in [2.05, 4.69) is 123 Å². The minimum atomic E-state index is -4.42. The van der Waals surface area contributed by atoms with Crippen LogP contribution in [0.25, 0.3) is 0 Å². The molecule has 0 spiro atoms. The Morgan fingerprint density at radius 3 is 0.944 bits per heavy atom. The Kier molecular flexibility index (Phi) is 66.4. The van der Waals surface area contributed by atoms with E-state index in [9.17, 15) is 19.0 Å². The van der Waals surface area contributed by atoms with Gasteiger partial charge in [0.2, 0.25) is 0 Å². The van der Waals surface area contributed by atoms with Gasteiger partial charge in [-0.25, -0.2) is 4.57 Å². The normalized spacial score (nSPS) is 13.7. The van der Waals surface area contributed by atoms with Gasteiger partial charge in [-0.05, 0) is 77.0 Å². The lowest BCUT2D eigenvalue weighted by molar-refractivity contribution is -0.870. The molecule has 0 saturated heterocycles. The Hall–Kier alpha value is -3.33. The third kappa shape index (κ3) is 73.6. The largest absolute Gasteiger partial charge is 0.472 e. The highest BCUT2D eigenvalue weighted by molar-refractivity contribution is 7.47. The first-order valence-electron chi connectivity index (χ1n) is 37.1. The molecule has 0 amide bonds. The summed E-state index contributed by atoms with van der Waals surface area (Å²) >= 11 is 0. The number of likely N-dealkylation sites (N-methyl/N-ethyl adjacent to an activating group) is 1. The van der Waals surface area contributed by atoms with Crippen molar-refractivity contribution in [3.05, 3.63) is 109 Å². The van der Waals surface area contributed by atoms with Gasteiger partial charge in [-0.3, -0.25) is 18.6 Å². The van der Waals surface area contributed by atoms with Crippen LogP contribution >= 0.6 is 7.82 Å². The highest BCUT2D eigenvalue weighted by Crippen LogP contribution is 2.43. The van der Waals surface area contributed by atoms with E-state index in [1.165, 1.54) is 212 Å². The number of hydrogen-bond donors (Lipinski definition) is 1. The molecule has 0 radical (unpaired) electrons. The predicted molar refractivity (Wildman–Crippen MR) is 385 cm³/mol. The average Bonchev–Trinajstić information content (AvgIpc) is 3.60. The Bertz CT molecular complexity index is 1870. The number of nitrogens with zero attached hydrogens (tertiary/aromatic N) is 1. The second kappa shape index (κ2) is 69.0. The van der Waals surface area contributed by atoms with Crippen LogP contribution in [0.4, 0.5) is 0 Å². The summed E-state index contributed by atoms with van der Waals surface area (Å²) in [6.45, 7) is 4.29. The Balaban J connectivity index is 4.06. The fourth-order valence-electron chi connectivity index (χ4n) is 10.4. The van der Waals surface area contributed by atoms with E-state index in [-0.39, 0.29) is 32.0 Å². The van der Waals surface area contributed by atoms with E-state index < -0.39 is 26.5 Å². The summed E-state index contributed by atoms with van der Waals surface area (Å²) in [6, 6.07) is 0. The van der Waals surface area contributed by atoms with Gasteiger partial charge in [0.15, 0.2) is 6.10 Å². The first-order chi connectivity index (χ1) is 43.5. The van der Waals surface area contributed by atoms with Gasteiger partial charge in [-0.2, -0.15) is 0 Å². The second-order valence-corrected chi connectivity index (χ2v) is 27.4. The number of allylic oxidation sites excluding steroid dienone is 18. The first-order valence-corrected chi connectivity index (χ1v) is 38.6. The SMILES string of the molecule is CC/C=C\C/C=C\C/C=C\C/C=C\C/C=C\C/C=C\C/C=C\C/C=C\C/C=C\CCCC(=O)OC(COC(=O)CCCCCCCCCCCCCCCCCCCCCCCCCCCCCCCCCCCCCC)COP(=O)(O)OCC[N+](C)(C)C. The van der Waals surface area contributed by atoms with Gasteiger partial charge >= 0.3 is 19.8 Å². The number of carbonyl (C=O) groups is 2. The maximum atomic E-state index is 12.9. The topological polar surface area (TPSA) is 108 Å². The molecule has 0 aliphatic rings. The van der Waals surface area contributed by atoms with Crippen LogP contribution in [0.1, 0.15) is 328 Å². The zero-order chi connectivity index (χ0) is 64.8. The molecule has 2 atom stereocenters. The van der Waals surface area contributed by atoms with Gasteiger partial charge in [-0.1, -0.05) is 348 Å². The Labute approximate surface area is 550 Å². The molecular weight excluding hydrogens is 1120 g/mol. The third-order valence-corrected chi connectivity index (χ3v) is 17.1. The number of quaternary nitrogens is 1. The number of unbranched alkanes of at least 4 members (excludes halogenated alkanes) is 36. The molecule has 10 heteroatoms. The van der Waals surface area contributed by atoms with Crippen molar-refractivity contribution in [2.75, 3.05) is 47.5 Å². The van der Waals surface area contributed by atoms with Crippen molar-refractivity contribution in [2.45, 2.75) is 335 Å². The zero-order valence-corrected chi connectivity index (χ0v) is 59.5. The summed E-state index contributed by atoms with van der Waals surface area (Å²) in [5.74, 6) is -0.862. The molecule has 0 aliphatic heterocycles. The number of phosphoric acid groups is 1. The van der Waals surface area contributed by atoms with Crippen LogP contribution in [0, 0.1) is 0 Å². The molecule has 2 unspecified atom stereocenters. The van der Waals surface area contributed by atoms with Crippen molar-refractivity contribution in [1.29, 1.82) is 0 Å². The molecule has 0 bridgehead atoms. The number of hydrogen-bond acceptors (Lipinski definition) is 7. The fraction of sp³-hybridized carbons (Fsp3) is 0.747. The van der Waals surface area contributed by atoms with E-state index >= 15 is 0 Å². The number of ether oxygens (including phenoxy) is 2. The van der Waals surface area contributed by atoms with Crippen LogP contribution in [0.5, 0.6) is 0 Å². The third-order valence-electron chi connectivity index (χ3n) is 16.1. The highest BCUT2D eigenvalue weighted by Gasteiger charge is 2.27. The molecule has 0 aliphatic carbocycles. The fourth-order valence-corrected chi connectivity index (χ4v) is 11.2. The molecule has 0 aromatic rings. The van der Waals surface area contributed by atoms with E-state index in [0.29, 0.717) is 23.9 Å². The molecule has 9 nitrogen and oxygen atoms in total. The molecule has 1 N–H and O–H groups in total. The molecule has 0 rings (SSSR count). The molecule has 0 fully saturated rings. The lowest BCUT2D eigenvalue weighted by Crippen LogP contribution is -2.37. The maximum absolute atomic E-state index is 12.9. The van der Waals surface area contributed by atoms with Crippen molar-refractivity contribution in [2.24, 2.45) is 0 Å². The van der Waals surface area contributed by atoms with Gasteiger partial charge in [0.1, 0.15) is 19.8 Å². The summed E-state index contributed by atoms with van der Waals surface area (Å²) in [5, 5.41) is 0. The Morgan fingerprint density at radius 2 is 0.640 bits per heavy atom. The van der Waals surface area contributed by atoms with E-state index in [0.717, 1.165) is 77.0 Å². The van der Waals surface area contributed by atoms with Gasteiger partial charge in [0.05, 0.1) is 27.7 Å². The maximum Gasteiger partial charge on any atom is 0.472 e. The summed E-state index contributed by atoms with van der Waals surface area (Å²) in [5.41, 5.74) is 0. The smallest absolute Gasteiger partial charge is 0.462 e. The van der Waals surface area contributed by atoms with Gasteiger partial charge < -0.3 is 18.9 Å². The van der Waals surface area contributed by atoms with Gasteiger partial charge in [0, 0.05) is 12.8 Å². The summed E-state index contributed by atoms with van der Waals surface area (Å²) in [6.07, 6.45) is 98.1. The Morgan fingerprint density at radius 1 is 0.360 bits per heavy atom. The standard InChI is InChI=1S/C79H140NO8P/c1-6-8-10-12-14-16-18-20-22-24-26-28-30-32-34-36-37-38-39-40-41-42-44-45-47-49-51-53-55-57-59-61-63-65-67-69-71-78(81)85-75-77(76-87-89(83,84)86-74-73-80(3,4)5)88-79(82)72-70-68-66-64-62-60-58-56-54-52-50-48-46-43-35-33-31-29-27-25-23-21-19-17-15-13-11-9-7-2/h9,11,15,17,21,23,27,29,33,35,46,48,52,54,58,60,64,66,77H,6-8,10,12-14,16,18-20,22,24-26,28,30-32,34,36-45,47,49-51,53,55-57,59,61-63,65,67-76H2,1-5H3/p+1/b11-9-,17-15-,23-21-,29-27-,35-33-,48-46-,54-52-,60-58-,66-64-. The summed E-state index contributed by atoms with van der Waals surface area (Å²) in [4.78, 5) is 35.9. The predicted octanol–water partition coefficient (Wildman–Crippen LogP) is 24.4. The number of carbonyl (C=O) groups excluding carboxylic acids is 2. The van der Waals surface area contributed by atoms with Crippen LogP contribution in [-0.4, -0.2) is 74.9 Å². The van der Waals surface area contributed by atoms with Crippen LogP contribution in [0.15, 0.2) is 109 Å². The minimum Gasteiger partial charge on any atom is -0.462 e. The van der Waals surface area contributed by atoms with Gasteiger partial charge in [0.25, 0.3) is 0 Å². The quantitative estimate of drug-likeness (QED) is 0.0211. The van der Waals surface area contributed by atoms with Gasteiger partial charge in [-0.15, -0.1) is 0 Å². The summed E-state index contributed by atoms with van der Waals surface area (Å²) < 4.78 is 34.7. The lowest BCUT2D eigenvalue weighted by atomic mass is 10.0. The van der Waals surface area contributed by atoms with Crippen molar-refractivity contribution in [3.63, 3.8) is 0 Å². The van der Waals surface area contributed by atoms with Crippen molar-refractivity contribution >= 4 is 19.8 Å². The monoisotopic (exact) mass is 1260 g/mol. The molecule has 89 heavy (non-hydrogen) atoms. The highest BCUT2D eigenvalue weighted by atomic mass is 31.2. The molecule has 0 aromatic carbocycles. The molecular formula is C79H141NO8P+. The second-order valence-electron chi connectivity index (χ2n) is 26.0. The molecule has 0 heterocycles. The number of rotatable bonds is 68. The van der Waals surface area contributed by atoms with Crippen LogP contribution in [-0.2, 0) is 32.7 Å². The van der Waals surface area contributed by atoms with E-state index in [1.54, 1.807) is 0 Å². The van der Waals surface area contributed by atoms with Crippen molar-refractivity contribution in [3.8, 4) is 0 Å². The molecule has 0 saturated carbocycles. The van der Waals surface area contributed by atoms with Crippen molar-refractivity contribution in [1.82, 2.24) is 0 Å². The van der Waals surface area contributed by atoms with Crippen LogP contribution in [0.3, 0.4) is 0 Å². The zero-order valence-electron chi connectivity index (χ0n) is 58.6. The van der Waals surface area contributed by atoms with Crippen LogP contribution in [0.2, 0.25) is 0 Å². The molecule has 0 aromatic heterocycles. The van der Waals surface area contributed by atoms with E-state index in [1.807, 2.05) is 21.1 Å². The first kappa shape index (κ1) is 85.7. The lowest BCUT2D eigenvalue weighted by Gasteiger charge is -2.24. The number of esters is 2. The van der Waals surface area contributed by atoms with E-state index in [4.69, 9.17) is 18.5 Å². The average molecular weight is 1260 g/mol. The molecule has 514 valence electrons. The minimum absolute atomic E-state index is 0.0164.